The van der Waals surface area contributed by atoms with E-state index in [2.05, 4.69) is 0 Å². The second-order valence-corrected chi connectivity index (χ2v) is 5.77. The molecule has 5 nitrogen and oxygen atoms in total. The first-order valence-electron chi connectivity index (χ1n) is 7.46. The zero-order valence-corrected chi connectivity index (χ0v) is 13.4. The number of phenolic OH excluding ortho intramolecular Hbond substituents is 3. The topological polar surface area (TPSA) is 90.2 Å². The summed E-state index contributed by atoms with van der Waals surface area (Å²) in [6, 6.07) is 9.46. The fraction of sp³-hybridized carbons (Fsp3) is 0.333. The average molecular weight is 318 g/mol. The standard InChI is InChI=1S/C12H16O3.C6H6O2/c1-6-4-9(13)5-10-11(6)7(2)12(14)8(3)15-10;7-5-3-1-2-4-6(5)8/h4-5,7-8,12-14H,1-3H3;1-4,7-8H. The van der Waals surface area contributed by atoms with Gasteiger partial charge in [0.05, 0.1) is 6.10 Å². The molecular formula is C18H22O5. The molecule has 3 unspecified atom stereocenters. The quantitative estimate of drug-likeness (QED) is 0.561. The van der Waals surface area contributed by atoms with Crippen molar-refractivity contribution in [1.82, 2.24) is 0 Å². The zero-order chi connectivity index (χ0) is 17.1. The maximum atomic E-state index is 9.90. The van der Waals surface area contributed by atoms with Crippen LogP contribution < -0.4 is 4.74 Å². The summed E-state index contributed by atoms with van der Waals surface area (Å²) in [5, 5.41) is 36.7. The summed E-state index contributed by atoms with van der Waals surface area (Å²) in [6.45, 7) is 5.73. The molecule has 0 radical (unpaired) electrons. The number of rotatable bonds is 0. The summed E-state index contributed by atoms with van der Waals surface area (Å²) in [4.78, 5) is 0. The van der Waals surface area contributed by atoms with Gasteiger partial charge < -0.3 is 25.2 Å². The number of aryl methyl sites for hydroxylation is 1. The van der Waals surface area contributed by atoms with Crippen molar-refractivity contribution >= 4 is 0 Å². The Labute approximate surface area is 135 Å². The number of fused-ring (bicyclic) bond motifs is 1. The molecule has 124 valence electrons. The van der Waals surface area contributed by atoms with Crippen LogP contribution >= 0.6 is 0 Å². The molecule has 0 aromatic heterocycles. The largest absolute Gasteiger partial charge is 0.508 e. The minimum absolute atomic E-state index is 0.0457. The van der Waals surface area contributed by atoms with E-state index in [-0.39, 0.29) is 29.3 Å². The summed E-state index contributed by atoms with van der Waals surface area (Å²) < 4.78 is 5.57. The van der Waals surface area contributed by atoms with Gasteiger partial charge in [-0.25, -0.2) is 0 Å². The minimum Gasteiger partial charge on any atom is -0.508 e. The smallest absolute Gasteiger partial charge is 0.157 e. The Morgan fingerprint density at radius 1 is 0.957 bits per heavy atom. The molecule has 5 heteroatoms. The van der Waals surface area contributed by atoms with Crippen molar-refractivity contribution in [3.05, 3.63) is 47.5 Å². The number of para-hydroxylation sites is 2. The highest BCUT2D eigenvalue weighted by molar-refractivity contribution is 5.49. The number of ether oxygens (including phenoxy) is 1. The predicted molar refractivity (Wildman–Crippen MR) is 87.1 cm³/mol. The Balaban J connectivity index is 0.000000203. The zero-order valence-electron chi connectivity index (χ0n) is 13.4. The van der Waals surface area contributed by atoms with Crippen LogP contribution in [-0.4, -0.2) is 32.6 Å². The molecule has 4 N–H and O–H groups in total. The maximum Gasteiger partial charge on any atom is 0.157 e. The predicted octanol–water partition coefficient (Wildman–Crippen LogP) is 3.04. The molecule has 0 aliphatic carbocycles. The highest BCUT2D eigenvalue weighted by atomic mass is 16.5. The van der Waals surface area contributed by atoms with E-state index in [9.17, 15) is 10.2 Å². The molecule has 2 aromatic carbocycles. The Morgan fingerprint density at radius 2 is 1.52 bits per heavy atom. The number of hydrogen-bond acceptors (Lipinski definition) is 5. The molecule has 1 aliphatic rings. The van der Waals surface area contributed by atoms with E-state index < -0.39 is 6.10 Å². The van der Waals surface area contributed by atoms with Crippen LogP contribution in [0.1, 0.15) is 30.9 Å². The van der Waals surface area contributed by atoms with Crippen molar-refractivity contribution in [2.75, 3.05) is 0 Å². The molecule has 0 spiro atoms. The average Bonchev–Trinajstić information content (AvgIpc) is 2.48. The third-order valence-corrected chi connectivity index (χ3v) is 3.98. The van der Waals surface area contributed by atoms with E-state index in [1.807, 2.05) is 20.8 Å². The first-order chi connectivity index (χ1) is 10.8. The number of aliphatic hydroxyl groups is 1. The van der Waals surface area contributed by atoms with Crippen LogP contribution in [0.4, 0.5) is 0 Å². The van der Waals surface area contributed by atoms with Crippen molar-refractivity contribution in [2.45, 2.75) is 38.9 Å². The van der Waals surface area contributed by atoms with Gasteiger partial charge in [-0.15, -0.1) is 0 Å². The second kappa shape index (κ2) is 6.79. The third kappa shape index (κ3) is 3.68. The van der Waals surface area contributed by atoms with Crippen molar-refractivity contribution in [2.24, 2.45) is 0 Å². The number of benzene rings is 2. The maximum absolute atomic E-state index is 9.90. The summed E-state index contributed by atoms with van der Waals surface area (Å²) in [7, 11) is 0. The number of phenols is 3. The highest BCUT2D eigenvalue weighted by Crippen LogP contribution is 2.40. The van der Waals surface area contributed by atoms with Gasteiger partial charge in [0.2, 0.25) is 0 Å². The van der Waals surface area contributed by atoms with Crippen LogP contribution in [0.5, 0.6) is 23.0 Å². The van der Waals surface area contributed by atoms with Crippen LogP contribution in [0.2, 0.25) is 0 Å². The van der Waals surface area contributed by atoms with E-state index >= 15 is 0 Å². The van der Waals surface area contributed by atoms with Crippen molar-refractivity contribution in [3.63, 3.8) is 0 Å². The first-order valence-corrected chi connectivity index (χ1v) is 7.46. The second-order valence-electron chi connectivity index (χ2n) is 5.77. The Bertz CT molecular complexity index is 662. The lowest BCUT2D eigenvalue weighted by Crippen LogP contribution is -2.37. The van der Waals surface area contributed by atoms with Crippen LogP contribution in [0.3, 0.4) is 0 Å². The van der Waals surface area contributed by atoms with Crippen molar-refractivity contribution in [1.29, 1.82) is 0 Å². The van der Waals surface area contributed by atoms with Gasteiger partial charge in [0.1, 0.15) is 17.6 Å². The molecule has 2 aromatic rings. The van der Waals surface area contributed by atoms with Crippen LogP contribution in [-0.2, 0) is 0 Å². The van der Waals surface area contributed by atoms with E-state index in [1.165, 1.54) is 12.1 Å². The van der Waals surface area contributed by atoms with Gasteiger partial charge in [0.15, 0.2) is 11.5 Å². The molecule has 0 fully saturated rings. The Morgan fingerprint density at radius 3 is 2.04 bits per heavy atom. The summed E-state index contributed by atoms with van der Waals surface area (Å²) in [6.07, 6.45) is -0.713. The van der Waals surface area contributed by atoms with Crippen molar-refractivity contribution < 1.29 is 25.2 Å². The fourth-order valence-electron chi connectivity index (χ4n) is 2.74. The van der Waals surface area contributed by atoms with Crippen LogP contribution in [0, 0.1) is 6.92 Å². The monoisotopic (exact) mass is 318 g/mol. The van der Waals surface area contributed by atoms with Crippen molar-refractivity contribution in [3.8, 4) is 23.0 Å². The van der Waals surface area contributed by atoms with Crippen LogP contribution in [0.15, 0.2) is 36.4 Å². The molecule has 3 rings (SSSR count). The lowest BCUT2D eigenvalue weighted by molar-refractivity contribution is 0.0150. The molecule has 3 atom stereocenters. The minimum atomic E-state index is -0.485. The molecule has 0 saturated carbocycles. The lowest BCUT2D eigenvalue weighted by Gasteiger charge is -2.34. The van der Waals surface area contributed by atoms with Gasteiger partial charge in [-0.3, -0.25) is 0 Å². The van der Waals surface area contributed by atoms with E-state index in [1.54, 1.807) is 24.3 Å². The van der Waals surface area contributed by atoms with E-state index in [0.717, 1.165) is 11.1 Å². The van der Waals surface area contributed by atoms with E-state index in [0.29, 0.717) is 5.75 Å². The molecule has 1 aliphatic heterocycles. The van der Waals surface area contributed by atoms with Crippen LogP contribution in [0.25, 0.3) is 0 Å². The van der Waals surface area contributed by atoms with Gasteiger partial charge >= 0.3 is 0 Å². The molecule has 1 heterocycles. The Hall–Kier alpha value is -2.40. The highest BCUT2D eigenvalue weighted by Gasteiger charge is 2.33. The molecule has 0 amide bonds. The number of aromatic hydroxyl groups is 3. The number of hydrogen-bond donors (Lipinski definition) is 4. The van der Waals surface area contributed by atoms with Gasteiger partial charge in [-0.05, 0) is 37.6 Å². The molecule has 0 saturated heterocycles. The lowest BCUT2D eigenvalue weighted by atomic mass is 9.86. The van der Waals surface area contributed by atoms with Gasteiger partial charge in [0, 0.05) is 17.5 Å². The third-order valence-electron chi connectivity index (χ3n) is 3.98. The molecular weight excluding hydrogens is 296 g/mol. The fourth-order valence-corrected chi connectivity index (χ4v) is 2.74. The summed E-state index contributed by atoms with van der Waals surface area (Å²) in [5.41, 5.74) is 1.96. The Kier molecular flexibility index (Phi) is 5.01. The normalized spacial score (nSPS) is 22.3. The van der Waals surface area contributed by atoms with Gasteiger partial charge in [-0.1, -0.05) is 19.1 Å². The summed E-state index contributed by atoms with van der Waals surface area (Å²) >= 11 is 0. The number of aliphatic hydroxyl groups excluding tert-OH is 1. The first kappa shape index (κ1) is 17.0. The van der Waals surface area contributed by atoms with Gasteiger partial charge in [0.25, 0.3) is 0 Å². The summed E-state index contributed by atoms with van der Waals surface area (Å²) in [5.74, 6) is 0.796. The molecule has 23 heavy (non-hydrogen) atoms. The SMILES string of the molecule is Cc1cc(O)cc2c1C(C)C(O)C(C)O2.Oc1ccccc1O. The van der Waals surface area contributed by atoms with E-state index in [4.69, 9.17) is 14.9 Å². The van der Waals surface area contributed by atoms with Gasteiger partial charge in [-0.2, -0.15) is 0 Å². The molecule has 0 bridgehead atoms.